The van der Waals surface area contributed by atoms with Crippen LogP contribution in [0.5, 0.6) is 5.75 Å². The first-order valence-corrected chi connectivity index (χ1v) is 6.18. The lowest BCUT2D eigenvalue weighted by atomic mass is 10.2. The molecule has 0 atom stereocenters. The van der Waals surface area contributed by atoms with E-state index in [4.69, 9.17) is 27.9 Å². The summed E-state index contributed by atoms with van der Waals surface area (Å²) in [5.41, 5.74) is 0.841. The first-order valence-electron chi connectivity index (χ1n) is 5.42. The van der Waals surface area contributed by atoms with E-state index in [1.54, 1.807) is 18.2 Å². The summed E-state index contributed by atoms with van der Waals surface area (Å²) < 4.78 is 18.4. The van der Waals surface area contributed by atoms with Crippen molar-refractivity contribution in [3.05, 3.63) is 63.4 Å². The molecule has 2 nitrogen and oxygen atoms in total. The Bertz CT molecular complexity index is 614. The highest BCUT2D eigenvalue weighted by Crippen LogP contribution is 2.27. The molecule has 0 saturated carbocycles. The van der Waals surface area contributed by atoms with E-state index in [9.17, 15) is 9.18 Å². The van der Waals surface area contributed by atoms with Crippen molar-refractivity contribution >= 4 is 29.5 Å². The van der Waals surface area contributed by atoms with Gasteiger partial charge in [0.15, 0.2) is 6.29 Å². The summed E-state index contributed by atoms with van der Waals surface area (Å²) in [5.74, 6) is -0.192. The molecule has 0 saturated heterocycles. The smallest absolute Gasteiger partial charge is 0.153 e. The molecule has 0 aliphatic rings. The summed E-state index contributed by atoms with van der Waals surface area (Å²) in [6.07, 6.45) is 0.540. The predicted molar refractivity (Wildman–Crippen MR) is 72.6 cm³/mol. The van der Waals surface area contributed by atoms with Gasteiger partial charge in [0, 0.05) is 5.56 Å². The molecule has 0 aliphatic heterocycles. The minimum absolute atomic E-state index is 0.145. The number of benzene rings is 2. The van der Waals surface area contributed by atoms with Gasteiger partial charge in [0.05, 0.1) is 15.6 Å². The van der Waals surface area contributed by atoms with Crippen molar-refractivity contribution in [2.24, 2.45) is 0 Å². The third-order valence-electron chi connectivity index (χ3n) is 2.51. The maximum Gasteiger partial charge on any atom is 0.153 e. The topological polar surface area (TPSA) is 26.3 Å². The predicted octanol–water partition coefficient (Wildman–Crippen LogP) is 4.52. The SMILES string of the molecule is O=Cc1cc(F)ccc1OCc1cccc(Cl)c1Cl. The standard InChI is InChI=1S/C14H9Cl2FO2/c15-12-3-1-2-9(14(12)16)8-19-13-5-4-11(17)6-10(13)7-18/h1-7H,8H2. The highest BCUT2D eigenvalue weighted by atomic mass is 35.5. The fraction of sp³-hybridized carbons (Fsp3) is 0.0714. The van der Waals surface area contributed by atoms with Crippen molar-refractivity contribution in [3.63, 3.8) is 0 Å². The zero-order valence-corrected chi connectivity index (χ0v) is 11.2. The summed E-state index contributed by atoms with van der Waals surface area (Å²) in [6.45, 7) is 0.145. The van der Waals surface area contributed by atoms with Gasteiger partial charge in [-0.05, 0) is 24.3 Å². The van der Waals surface area contributed by atoms with Gasteiger partial charge < -0.3 is 4.74 Å². The molecule has 0 radical (unpaired) electrons. The Labute approximate surface area is 119 Å². The number of rotatable bonds is 4. The molecular formula is C14H9Cl2FO2. The van der Waals surface area contributed by atoms with E-state index in [0.29, 0.717) is 27.6 Å². The third kappa shape index (κ3) is 3.25. The van der Waals surface area contributed by atoms with Crippen LogP contribution in [0.2, 0.25) is 10.0 Å². The van der Waals surface area contributed by atoms with Crippen LogP contribution in [-0.2, 0) is 6.61 Å². The Morgan fingerprint density at radius 2 is 2.00 bits per heavy atom. The van der Waals surface area contributed by atoms with Gasteiger partial charge in [0.25, 0.3) is 0 Å². The summed E-state index contributed by atoms with van der Waals surface area (Å²) in [5, 5.41) is 0.830. The van der Waals surface area contributed by atoms with Crippen molar-refractivity contribution in [1.29, 1.82) is 0 Å². The lowest BCUT2D eigenvalue weighted by Crippen LogP contribution is -1.99. The maximum absolute atomic E-state index is 13.0. The number of hydrogen-bond acceptors (Lipinski definition) is 2. The molecule has 0 bridgehead atoms. The molecule has 0 aromatic heterocycles. The molecule has 0 fully saturated rings. The number of ether oxygens (including phenoxy) is 1. The average Bonchev–Trinajstić information content (AvgIpc) is 2.41. The van der Waals surface area contributed by atoms with Gasteiger partial charge in [-0.1, -0.05) is 35.3 Å². The highest BCUT2D eigenvalue weighted by molar-refractivity contribution is 6.42. The van der Waals surface area contributed by atoms with Gasteiger partial charge in [0.2, 0.25) is 0 Å². The molecule has 0 heterocycles. The zero-order chi connectivity index (χ0) is 13.8. The van der Waals surface area contributed by atoms with Crippen LogP contribution in [-0.4, -0.2) is 6.29 Å². The van der Waals surface area contributed by atoms with E-state index in [0.717, 1.165) is 6.07 Å². The van der Waals surface area contributed by atoms with Gasteiger partial charge >= 0.3 is 0 Å². The monoisotopic (exact) mass is 298 g/mol. The quantitative estimate of drug-likeness (QED) is 0.776. The number of hydrogen-bond donors (Lipinski definition) is 0. The van der Waals surface area contributed by atoms with E-state index in [2.05, 4.69) is 0 Å². The molecule has 2 rings (SSSR count). The van der Waals surface area contributed by atoms with Crippen molar-refractivity contribution < 1.29 is 13.9 Å². The molecule has 0 spiro atoms. The summed E-state index contributed by atoms with van der Waals surface area (Å²) in [4.78, 5) is 10.8. The summed E-state index contributed by atoms with van der Waals surface area (Å²) in [6, 6.07) is 8.92. The molecule has 0 amide bonds. The van der Waals surface area contributed by atoms with Gasteiger partial charge in [0.1, 0.15) is 18.2 Å². The second-order valence-corrected chi connectivity index (χ2v) is 4.59. The van der Waals surface area contributed by atoms with E-state index in [1.807, 2.05) is 0 Å². The molecule has 2 aromatic rings. The number of halogens is 3. The van der Waals surface area contributed by atoms with Crippen molar-refractivity contribution in [2.75, 3.05) is 0 Å². The van der Waals surface area contributed by atoms with E-state index in [1.165, 1.54) is 12.1 Å². The van der Waals surface area contributed by atoms with Crippen molar-refractivity contribution in [3.8, 4) is 5.75 Å². The molecular weight excluding hydrogens is 290 g/mol. The Morgan fingerprint density at radius 1 is 1.21 bits per heavy atom. The third-order valence-corrected chi connectivity index (χ3v) is 3.37. The fourth-order valence-electron chi connectivity index (χ4n) is 1.56. The largest absolute Gasteiger partial charge is 0.488 e. The van der Waals surface area contributed by atoms with Crippen LogP contribution in [0.15, 0.2) is 36.4 Å². The first kappa shape index (κ1) is 13.8. The van der Waals surface area contributed by atoms with E-state index < -0.39 is 5.82 Å². The van der Waals surface area contributed by atoms with Crippen molar-refractivity contribution in [2.45, 2.75) is 6.61 Å². The lowest BCUT2D eigenvalue weighted by Gasteiger charge is -2.10. The van der Waals surface area contributed by atoms with Crippen molar-refractivity contribution in [1.82, 2.24) is 0 Å². The second-order valence-electron chi connectivity index (χ2n) is 3.80. The molecule has 0 N–H and O–H groups in total. The Hall–Kier alpha value is -1.58. The normalized spacial score (nSPS) is 10.3. The van der Waals surface area contributed by atoms with Crippen LogP contribution < -0.4 is 4.74 Å². The average molecular weight is 299 g/mol. The first-order chi connectivity index (χ1) is 9.11. The highest BCUT2D eigenvalue weighted by Gasteiger charge is 2.08. The van der Waals surface area contributed by atoms with Crippen LogP contribution in [0.3, 0.4) is 0 Å². The molecule has 0 unspecified atom stereocenters. The lowest BCUT2D eigenvalue weighted by molar-refractivity contribution is 0.111. The van der Waals surface area contributed by atoms with Crippen LogP contribution >= 0.6 is 23.2 Å². The van der Waals surface area contributed by atoms with Gasteiger partial charge in [-0.15, -0.1) is 0 Å². The Balaban J connectivity index is 2.19. The van der Waals surface area contributed by atoms with Crippen LogP contribution in [0.4, 0.5) is 4.39 Å². The minimum Gasteiger partial charge on any atom is -0.488 e. The van der Waals surface area contributed by atoms with Crippen LogP contribution in [0.25, 0.3) is 0 Å². The van der Waals surface area contributed by atoms with E-state index in [-0.39, 0.29) is 12.2 Å². The Morgan fingerprint density at radius 3 is 2.74 bits per heavy atom. The molecule has 2 aromatic carbocycles. The van der Waals surface area contributed by atoms with Gasteiger partial charge in [-0.2, -0.15) is 0 Å². The number of carbonyl (C=O) groups is 1. The number of carbonyl (C=O) groups excluding carboxylic acids is 1. The fourth-order valence-corrected chi connectivity index (χ4v) is 1.93. The summed E-state index contributed by atoms with van der Waals surface area (Å²) >= 11 is 11.9. The van der Waals surface area contributed by atoms with E-state index >= 15 is 0 Å². The number of aldehydes is 1. The molecule has 0 aliphatic carbocycles. The second kappa shape index (κ2) is 6.04. The minimum atomic E-state index is -0.491. The molecule has 19 heavy (non-hydrogen) atoms. The zero-order valence-electron chi connectivity index (χ0n) is 9.70. The van der Waals surface area contributed by atoms with Gasteiger partial charge in [-0.25, -0.2) is 4.39 Å². The Kier molecular flexibility index (Phi) is 4.40. The van der Waals surface area contributed by atoms with Gasteiger partial charge in [-0.3, -0.25) is 4.79 Å². The molecule has 5 heteroatoms. The maximum atomic E-state index is 13.0. The molecule has 98 valence electrons. The summed E-state index contributed by atoms with van der Waals surface area (Å²) in [7, 11) is 0. The van der Waals surface area contributed by atoms with Crippen LogP contribution in [0, 0.1) is 5.82 Å². The van der Waals surface area contributed by atoms with Crippen LogP contribution in [0.1, 0.15) is 15.9 Å².